The fourth-order valence-electron chi connectivity index (χ4n) is 0.978. The van der Waals surface area contributed by atoms with Crippen molar-refractivity contribution in [2.75, 3.05) is 5.73 Å². The molecule has 0 saturated heterocycles. The highest BCUT2D eigenvalue weighted by Gasteiger charge is 2.35. The van der Waals surface area contributed by atoms with E-state index in [1.807, 2.05) is 0 Å². The monoisotopic (exact) mass is 281 g/mol. The number of ether oxygens (including phenoxy) is 1. The predicted molar refractivity (Wildman–Crippen MR) is 49.8 cm³/mol. The number of nitrogens with two attached hydrogens (primary N) is 1. The van der Waals surface area contributed by atoms with Crippen molar-refractivity contribution in [2.24, 2.45) is 0 Å². The second-order valence-electron chi connectivity index (χ2n) is 2.79. The summed E-state index contributed by atoms with van der Waals surface area (Å²) in [5, 5.41) is 0. The van der Waals surface area contributed by atoms with Crippen molar-refractivity contribution in [1.82, 2.24) is 0 Å². The first-order valence-electron chi connectivity index (χ1n) is 3.82. The molecule has 0 aliphatic carbocycles. The van der Waals surface area contributed by atoms with Crippen LogP contribution in [0.2, 0.25) is 0 Å². The van der Waals surface area contributed by atoms with Gasteiger partial charge >= 0.3 is 12.5 Å². The van der Waals surface area contributed by atoms with E-state index in [1.54, 1.807) is 0 Å². The van der Waals surface area contributed by atoms with Gasteiger partial charge in [0.25, 0.3) is 0 Å². The molecule has 1 aromatic rings. The normalized spacial score (nSPS) is 11.9. The van der Waals surface area contributed by atoms with E-state index in [0.29, 0.717) is 12.1 Å². The van der Waals surface area contributed by atoms with Crippen molar-refractivity contribution in [3.63, 3.8) is 0 Å². The lowest BCUT2D eigenvalue weighted by Gasteiger charge is -2.13. The maximum Gasteiger partial charge on any atom is 0.573 e. The van der Waals surface area contributed by atoms with Crippen molar-refractivity contribution in [3.8, 4) is 5.75 Å². The summed E-state index contributed by atoms with van der Waals surface area (Å²) >= 11 is 0. The molecule has 0 aliphatic heterocycles. The van der Waals surface area contributed by atoms with Crippen LogP contribution in [-0.4, -0.2) is 6.36 Å². The lowest BCUT2D eigenvalue weighted by Crippen LogP contribution is -2.18. The molecule has 0 spiro atoms. The first-order chi connectivity index (χ1) is 7.09. The van der Waals surface area contributed by atoms with Crippen LogP contribution in [0.25, 0.3) is 0 Å². The third kappa shape index (κ3) is 4.59. The maximum atomic E-state index is 12.2. The number of halogens is 7. The van der Waals surface area contributed by atoms with E-state index in [2.05, 4.69) is 4.74 Å². The minimum Gasteiger partial charge on any atom is -0.406 e. The van der Waals surface area contributed by atoms with Crippen LogP contribution in [0.15, 0.2) is 18.2 Å². The Bertz CT molecular complexity index is 389. The van der Waals surface area contributed by atoms with E-state index >= 15 is 0 Å². The molecule has 0 aliphatic rings. The standard InChI is InChI=1S/C8H5F6NO.ClH/c9-7(10,11)5-3-4(1-2-6(5)15)16-8(12,13)14;/h1-3H,15H2;1H. The van der Waals surface area contributed by atoms with E-state index < -0.39 is 29.5 Å². The van der Waals surface area contributed by atoms with Crippen molar-refractivity contribution in [3.05, 3.63) is 23.8 Å². The highest BCUT2D eigenvalue weighted by atomic mass is 35.5. The molecule has 1 aromatic carbocycles. The van der Waals surface area contributed by atoms with Gasteiger partial charge in [-0.2, -0.15) is 13.2 Å². The summed E-state index contributed by atoms with van der Waals surface area (Å²) in [6.07, 6.45) is -9.87. The van der Waals surface area contributed by atoms with Gasteiger partial charge in [-0.05, 0) is 18.2 Å². The van der Waals surface area contributed by atoms with Crippen LogP contribution in [0.1, 0.15) is 5.56 Å². The Kier molecular flexibility index (Phi) is 4.53. The minimum absolute atomic E-state index is 0. The van der Waals surface area contributed by atoms with E-state index in [0.717, 1.165) is 0 Å². The zero-order valence-electron chi connectivity index (χ0n) is 7.89. The summed E-state index contributed by atoms with van der Waals surface area (Å²) < 4.78 is 75.3. The Balaban J connectivity index is 0.00000256. The third-order valence-corrected chi connectivity index (χ3v) is 1.56. The minimum atomic E-state index is -5.04. The van der Waals surface area contributed by atoms with Crippen LogP contribution < -0.4 is 10.5 Å². The maximum absolute atomic E-state index is 12.2. The second kappa shape index (κ2) is 4.91. The Morgan fingerprint density at radius 3 is 1.94 bits per heavy atom. The van der Waals surface area contributed by atoms with Crippen LogP contribution >= 0.6 is 12.4 Å². The summed E-state index contributed by atoms with van der Waals surface area (Å²) in [6.45, 7) is 0. The molecule has 0 aromatic heterocycles. The van der Waals surface area contributed by atoms with Gasteiger partial charge in [0.15, 0.2) is 0 Å². The number of hydrogen-bond acceptors (Lipinski definition) is 2. The number of alkyl halides is 6. The topological polar surface area (TPSA) is 35.2 Å². The fourth-order valence-corrected chi connectivity index (χ4v) is 0.978. The van der Waals surface area contributed by atoms with Crippen molar-refractivity contribution >= 4 is 18.1 Å². The number of rotatable bonds is 1. The predicted octanol–water partition coefficient (Wildman–Crippen LogP) is 3.61. The van der Waals surface area contributed by atoms with Gasteiger partial charge in [0.1, 0.15) is 5.75 Å². The summed E-state index contributed by atoms with van der Waals surface area (Å²) in [7, 11) is 0. The molecule has 0 unspecified atom stereocenters. The molecule has 1 rings (SSSR count). The van der Waals surface area contributed by atoms with Crippen LogP contribution in [0.3, 0.4) is 0 Å². The van der Waals surface area contributed by atoms with Crippen molar-refractivity contribution in [1.29, 1.82) is 0 Å². The molecule has 0 saturated carbocycles. The molecule has 9 heteroatoms. The Morgan fingerprint density at radius 2 is 1.53 bits per heavy atom. The van der Waals surface area contributed by atoms with Gasteiger partial charge in [0, 0.05) is 5.69 Å². The largest absolute Gasteiger partial charge is 0.573 e. The molecule has 0 amide bonds. The third-order valence-electron chi connectivity index (χ3n) is 1.56. The highest BCUT2D eigenvalue weighted by Crippen LogP contribution is 2.36. The number of benzene rings is 1. The van der Waals surface area contributed by atoms with Gasteiger partial charge in [-0.25, -0.2) is 0 Å². The first-order valence-corrected chi connectivity index (χ1v) is 3.82. The Hall–Kier alpha value is -1.31. The smallest absolute Gasteiger partial charge is 0.406 e. The Labute approximate surface area is 97.8 Å². The molecule has 2 N–H and O–H groups in total. The summed E-state index contributed by atoms with van der Waals surface area (Å²) in [5.74, 6) is -0.964. The fraction of sp³-hybridized carbons (Fsp3) is 0.250. The average Bonchev–Trinajstić information content (AvgIpc) is 2.04. The SMILES string of the molecule is Cl.Nc1ccc(OC(F)(F)F)cc1C(F)(F)F. The van der Waals surface area contributed by atoms with Gasteiger partial charge in [-0.1, -0.05) is 0 Å². The Morgan fingerprint density at radius 1 is 1.00 bits per heavy atom. The lowest BCUT2D eigenvalue weighted by molar-refractivity contribution is -0.274. The van der Waals surface area contributed by atoms with Crippen molar-refractivity contribution in [2.45, 2.75) is 12.5 Å². The average molecular weight is 282 g/mol. The molecular weight excluding hydrogens is 276 g/mol. The van der Waals surface area contributed by atoms with E-state index in [-0.39, 0.29) is 18.5 Å². The second-order valence-corrected chi connectivity index (χ2v) is 2.79. The van der Waals surface area contributed by atoms with Crippen LogP contribution in [0, 0.1) is 0 Å². The highest BCUT2D eigenvalue weighted by molar-refractivity contribution is 5.85. The summed E-state index contributed by atoms with van der Waals surface area (Å²) in [6, 6.07) is 1.60. The van der Waals surface area contributed by atoms with Crippen LogP contribution in [-0.2, 0) is 6.18 Å². The molecule has 98 valence electrons. The quantitative estimate of drug-likeness (QED) is 0.630. The molecule has 17 heavy (non-hydrogen) atoms. The number of anilines is 1. The van der Waals surface area contributed by atoms with Gasteiger partial charge in [0.05, 0.1) is 5.56 Å². The van der Waals surface area contributed by atoms with E-state index in [4.69, 9.17) is 5.73 Å². The lowest BCUT2D eigenvalue weighted by atomic mass is 10.1. The molecule has 0 heterocycles. The molecule has 0 atom stereocenters. The molecule has 0 fully saturated rings. The van der Waals surface area contributed by atoms with E-state index in [9.17, 15) is 26.3 Å². The zero-order chi connectivity index (χ0) is 12.6. The van der Waals surface area contributed by atoms with Crippen molar-refractivity contribution < 1.29 is 31.1 Å². The van der Waals surface area contributed by atoms with Crippen LogP contribution in [0.4, 0.5) is 32.0 Å². The van der Waals surface area contributed by atoms with Gasteiger partial charge < -0.3 is 10.5 Å². The van der Waals surface area contributed by atoms with Gasteiger partial charge in [-0.3, -0.25) is 0 Å². The summed E-state index contributed by atoms with van der Waals surface area (Å²) in [4.78, 5) is 0. The number of nitrogen functional groups attached to an aromatic ring is 1. The van der Waals surface area contributed by atoms with Crippen LogP contribution in [0.5, 0.6) is 5.75 Å². The first kappa shape index (κ1) is 15.7. The zero-order valence-corrected chi connectivity index (χ0v) is 8.71. The van der Waals surface area contributed by atoms with Gasteiger partial charge in [-0.15, -0.1) is 25.6 Å². The summed E-state index contributed by atoms with van der Waals surface area (Å²) in [5.41, 5.74) is 2.95. The van der Waals surface area contributed by atoms with Gasteiger partial charge in [0.2, 0.25) is 0 Å². The molecular formula is C8H6ClF6NO. The van der Waals surface area contributed by atoms with E-state index in [1.165, 1.54) is 0 Å². The number of hydrogen-bond donors (Lipinski definition) is 1. The molecule has 0 radical (unpaired) electrons. The molecule has 2 nitrogen and oxygen atoms in total. The molecule has 0 bridgehead atoms.